The maximum atomic E-state index is 13.6. The van der Waals surface area contributed by atoms with E-state index in [0.717, 1.165) is 18.1 Å². The van der Waals surface area contributed by atoms with Gasteiger partial charge in [-0.3, -0.25) is 4.90 Å². The van der Waals surface area contributed by atoms with Gasteiger partial charge in [-0.15, -0.1) is 0 Å². The van der Waals surface area contributed by atoms with Crippen LogP contribution in [-0.4, -0.2) is 47.3 Å². The van der Waals surface area contributed by atoms with Crippen LogP contribution in [-0.2, 0) is 6.42 Å². The van der Waals surface area contributed by atoms with E-state index in [9.17, 15) is 9.50 Å². The Bertz CT molecular complexity index is 418. The number of benzene rings is 1. The summed E-state index contributed by atoms with van der Waals surface area (Å²) in [5.41, 5.74) is 0.485. The zero-order valence-corrected chi connectivity index (χ0v) is 11.8. The fourth-order valence-corrected chi connectivity index (χ4v) is 3.67. The molecule has 1 heterocycles. The number of rotatable bonds is 3. The molecule has 0 radical (unpaired) electrons. The Morgan fingerprint density at radius 2 is 2.39 bits per heavy atom. The van der Waals surface area contributed by atoms with E-state index in [1.165, 1.54) is 12.1 Å². The average molecular weight is 290 g/mol. The van der Waals surface area contributed by atoms with Crippen molar-refractivity contribution in [3.8, 4) is 0 Å². The van der Waals surface area contributed by atoms with E-state index in [-0.39, 0.29) is 11.9 Å². The van der Waals surface area contributed by atoms with Crippen LogP contribution in [0, 0.1) is 5.82 Å². The highest BCUT2D eigenvalue weighted by Gasteiger charge is 2.27. The van der Waals surface area contributed by atoms with Gasteiger partial charge in [-0.25, -0.2) is 4.39 Å². The molecule has 0 saturated carbocycles. The maximum absolute atomic E-state index is 13.6. The Hall–Kier alpha value is -0.290. The van der Waals surface area contributed by atoms with E-state index in [4.69, 9.17) is 11.6 Å². The second-order valence-corrected chi connectivity index (χ2v) is 6.22. The molecule has 2 rings (SSSR count). The van der Waals surface area contributed by atoms with E-state index in [2.05, 4.69) is 4.90 Å². The van der Waals surface area contributed by atoms with E-state index in [1.54, 1.807) is 6.07 Å². The van der Waals surface area contributed by atoms with Crippen LogP contribution in [0.2, 0.25) is 5.02 Å². The van der Waals surface area contributed by atoms with Crippen LogP contribution >= 0.6 is 23.4 Å². The summed E-state index contributed by atoms with van der Waals surface area (Å²) in [5, 5.41) is 10.8. The molecule has 0 aliphatic carbocycles. The number of nitrogens with zero attached hydrogens (tertiary/aromatic N) is 1. The van der Waals surface area contributed by atoms with Crippen LogP contribution in [0.1, 0.15) is 5.56 Å². The Morgan fingerprint density at radius 3 is 3.11 bits per heavy atom. The molecule has 0 aromatic heterocycles. The molecular formula is C13H17ClFNOS. The maximum Gasteiger partial charge on any atom is 0.126 e. The lowest BCUT2D eigenvalue weighted by atomic mass is 10.0. The Balaban J connectivity index is 2.05. The molecule has 1 N–H and O–H groups in total. The fraction of sp³-hybridized carbons (Fsp3) is 0.538. The number of thioether (sulfide) groups is 1. The molecule has 1 aliphatic rings. The van der Waals surface area contributed by atoms with Gasteiger partial charge in [0, 0.05) is 35.5 Å². The highest BCUT2D eigenvalue weighted by molar-refractivity contribution is 7.99. The minimum Gasteiger partial charge on any atom is -0.391 e. The van der Waals surface area contributed by atoms with Crippen LogP contribution in [0.3, 0.4) is 0 Å². The van der Waals surface area contributed by atoms with Crippen molar-refractivity contribution in [1.82, 2.24) is 4.90 Å². The summed E-state index contributed by atoms with van der Waals surface area (Å²) in [6.45, 7) is 0.963. The number of hydrogen-bond acceptors (Lipinski definition) is 3. The smallest absolute Gasteiger partial charge is 0.126 e. The Morgan fingerprint density at radius 1 is 1.61 bits per heavy atom. The van der Waals surface area contributed by atoms with E-state index in [0.29, 0.717) is 17.0 Å². The van der Waals surface area contributed by atoms with Crippen LogP contribution in [0.15, 0.2) is 18.2 Å². The van der Waals surface area contributed by atoms with Gasteiger partial charge >= 0.3 is 0 Å². The first-order valence-corrected chi connectivity index (χ1v) is 7.51. The SMILES string of the molecule is CN1CCSCC1C(O)Cc1cc(Cl)ccc1F. The fourth-order valence-electron chi connectivity index (χ4n) is 2.17. The van der Waals surface area contributed by atoms with E-state index >= 15 is 0 Å². The first-order chi connectivity index (χ1) is 8.58. The molecular weight excluding hydrogens is 273 g/mol. The lowest BCUT2D eigenvalue weighted by Gasteiger charge is -2.35. The molecule has 1 saturated heterocycles. The standard InChI is InChI=1S/C13H17ClFNOS/c1-16-4-5-18-8-12(16)13(17)7-9-6-10(14)2-3-11(9)15/h2-3,6,12-13,17H,4-5,7-8H2,1H3. The van der Waals surface area contributed by atoms with Gasteiger partial charge in [0.15, 0.2) is 0 Å². The molecule has 2 atom stereocenters. The monoisotopic (exact) mass is 289 g/mol. The summed E-state index contributed by atoms with van der Waals surface area (Å²) in [6, 6.07) is 4.55. The van der Waals surface area contributed by atoms with Gasteiger partial charge in [0.1, 0.15) is 5.82 Å². The van der Waals surface area contributed by atoms with Crippen molar-refractivity contribution in [3.05, 3.63) is 34.6 Å². The molecule has 2 unspecified atom stereocenters. The van der Waals surface area contributed by atoms with Gasteiger partial charge in [0.2, 0.25) is 0 Å². The summed E-state index contributed by atoms with van der Waals surface area (Å²) in [4.78, 5) is 2.14. The molecule has 100 valence electrons. The summed E-state index contributed by atoms with van der Waals surface area (Å²) in [7, 11) is 2.00. The number of likely N-dealkylation sites (N-methyl/N-ethyl adjacent to an activating group) is 1. The molecule has 0 bridgehead atoms. The largest absolute Gasteiger partial charge is 0.391 e. The lowest BCUT2D eigenvalue weighted by molar-refractivity contribution is 0.0757. The highest BCUT2D eigenvalue weighted by Crippen LogP contribution is 2.22. The topological polar surface area (TPSA) is 23.5 Å². The zero-order valence-electron chi connectivity index (χ0n) is 10.3. The minimum absolute atomic E-state index is 0.0853. The van der Waals surface area contributed by atoms with Crippen molar-refractivity contribution in [2.24, 2.45) is 0 Å². The summed E-state index contributed by atoms with van der Waals surface area (Å²) >= 11 is 7.68. The molecule has 5 heteroatoms. The molecule has 18 heavy (non-hydrogen) atoms. The van der Waals surface area contributed by atoms with Crippen molar-refractivity contribution in [1.29, 1.82) is 0 Å². The van der Waals surface area contributed by atoms with Crippen molar-refractivity contribution in [2.75, 3.05) is 25.1 Å². The van der Waals surface area contributed by atoms with Gasteiger partial charge in [-0.2, -0.15) is 11.8 Å². The number of halogens is 2. The van der Waals surface area contributed by atoms with Crippen molar-refractivity contribution < 1.29 is 9.50 Å². The molecule has 0 amide bonds. The van der Waals surface area contributed by atoms with Gasteiger partial charge in [0.05, 0.1) is 6.10 Å². The Kier molecular flexibility index (Phi) is 4.90. The summed E-state index contributed by atoms with van der Waals surface area (Å²) in [5.74, 6) is 1.68. The first kappa shape index (κ1) is 14.1. The van der Waals surface area contributed by atoms with E-state index < -0.39 is 6.10 Å². The van der Waals surface area contributed by atoms with Crippen LogP contribution in [0.25, 0.3) is 0 Å². The third-order valence-corrected chi connectivity index (χ3v) is 4.61. The van der Waals surface area contributed by atoms with Gasteiger partial charge < -0.3 is 5.11 Å². The third-order valence-electron chi connectivity index (χ3n) is 3.32. The molecule has 1 aromatic rings. The predicted octanol–water partition coefficient (Wildman–Crippen LogP) is 2.43. The van der Waals surface area contributed by atoms with Crippen LogP contribution in [0.5, 0.6) is 0 Å². The van der Waals surface area contributed by atoms with Gasteiger partial charge in [-0.05, 0) is 30.8 Å². The first-order valence-electron chi connectivity index (χ1n) is 5.98. The second kappa shape index (κ2) is 6.24. The molecule has 2 nitrogen and oxygen atoms in total. The van der Waals surface area contributed by atoms with Crippen molar-refractivity contribution >= 4 is 23.4 Å². The van der Waals surface area contributed by atoms with Gasteiger partial charge in [0.25, 0.3) is 0 Å². The second-order valence-electron chi connectivity index (χ2n) is 4.63. The normalized spacial score (nSPS) is 23.0. The number of aliphatic hydroxyl groups is 1. The van der Waals surface area contributed by atoms with Crippen molar-refractivity contribution in [3.63, 3.8) is 0 Å². The minimum atomic E-state index is -0.559. The number of aliphatic hydroxyl groups excluding tert-OH is 1. The average Bonchev–Trinajstić information content (AvgIpc) is 2.34. The van der Waals surface area contributed by atoms with Gasteiger partial charge in [-0.1, -0.05) is 11.6 Å². The summed E-state index contributed by atoms with van der Waals surface area (Å²) < 4.78 is 13.6. The summed E-state index contributed by atoms with van der Waals surface area (Å²) in [6.07, 6.45) is -0.252. The third kappa shape index (κ3) is 3.38. The molecule has 0 spiro atoms. The van der Waals surface area contributed by atoms with Crippen molar-refractivity contribution in [2.45, 2.75) is 18.6 Å². The highest BCUT2D eigenvalue weighted by atomic mass is 35.5. The number of hydrogen-bond donors (Lipinski definition) is 1. The predicted molar refractivity (Wildman–Crippen MR) is 74.9 cm³/mol. The zero-order chi connectivity index (χ0) is 13.1. The molecule has 1 aliphatic heterocycles. The van der Waals surface area contributed by atoms with Crippen LogP contribution in [0.4, 0.5) is 4.39 Å². The lowest BCUT2D eigenvalue weighted by Crippen LogP contribution is -2.47. The quantitative estimate of drug-likeness (QED) is 0.924. The van der Waals surface area contributed by atoms with E-state index in [1.807, 2.05) is 18.8 Å². The molecule has 1 aromatic carbocycles. The van der Waals surface area contributed by atoms with Crippen LogP contribution < -0.4 is 0 Å². The Labute approximate surface area is 116 Å². The molecule has 1 fully saturated rings.